The number of anilines is 1. The first-order chi connectivity index (χ1) is 8.04. The van der Waals surface area contributed by atoms with Crippen LogP contribution in [0.25, 0.3) is 0 Å². The summed E-state index contributed by atoms with van der Waals surface area (Å²) in [4.78, 5) is 11.3. The second kappa shape index (κ2) is 6.33. The van der Waals surface area contributed by atoms with Gasteiger partial charge in [-0.25, -0.2) is 8.78 Å². The lowest BCUT2D eigenvalue weighted by Crippen LogP contribution is -2.28. The number of benzene rings is 1. The average Bonchev–Trinajstić information content (AvgIpc) is 2.26. The maximum atomic E-state index is 13.3. The van der Waals surface area contributed by atoms with Crippen molar-refractivity contribution in [3.05, 3.63) is 28.2 Å². The highest BCUT2D eigenvalue weighted by Gasteiger charge is 2.10. The molecule has 17 heavy (non-hydrogen) atoms. The van der Waals surface area contributed by atoms with Crippen molar-refractivity contribution in [3.63, 3.8) is 0 Å². The van der Waals surface area contributed by atoms with Crippen LogP contribution in [-0.2, 0) is 4.79 Å². The predicted molar refractivity (Wildman–Crippen MR) is 64.4 cm³/mol. The van der Waals surface area contributed by atoms with Crippen LogP contribution in [0.4, 0.5) is 14.5 Å². The van der Waals surface area contributed by atoms with Gasteiger partial charge >= 0.3 is 0 Å². The molecule has 0 spiro atoms. The van der Waals surface area contributed by atoms with E-state index in [-0.39, 0.29) is 23.2 Å². The number of rotatable bonds is 4. The summed E-state index contributed by atoms with van der Waals surface area (Å²) in [5, 5.41) is 4.86. The first kappa shape index (κ1) is 13.6. The van der Waals surface area contributed by atoms with Crippen molar-refractivity contribution < 1.29 is 13.6 Å². The molecule has 0 fully saturated rings. The molecule has 0 unspecified atom stereocenters. The van der Waals surface area contributed by atoms with Crippen LogP contribution in [0.2, 0.25) is 0 Å². The Balaban J connectivity index is 2.66. The van der Waals surface area contributed by atoms with Gasteiger partial charge in [-0.3, -0.25) is 10.1 Å². The van der Waals surface area contributed by atoms with Gasteiger partial charge in [0.15, 0.2) is 0 Å². The standard InChI is InChI=1S/C11H9BrF2N2O/c1-2-3-15-6-11(17)16-10-5-8(13)7(12)4-9(10)14/h1,4-5,15H,3,6H2,(H,16,17). The maximum Gasteiger partial charge on any atom is 0.238 e. The van der Waals surface area contributed by atoms with Gasteiger partial charge in [0, 0.05) is 6.07 Å². The summed E-state index contributed by atoms with van der Waals surface area (Å²) in [5.74, 6) is 0.411. The van der Waals surface area contributed by atoms with E-state index >= 15 is 0 Å². The van der Waals surface area contributed by atoms with E-state index < -0.39 is 17.5 Å². The molecule has 0 saturated heterocycles. The Morgan fingerprint density at radius 1 is 1.41 bits per heavy atom. The van der Waals surface area contributed by atoms with Crippen molar-refractivity contribution in [2.75, 3.05) is 18.4 Å². The SMILES string of the molecule is C#CCNCC(=O)Nc1cc(F)c(Br)cc1F. The van der Waals surface area contributed by atoms with Gasteiger partial charge in [0.05, 0.1) is 23.2 Å². The molecule has 0 heterocycles. The molecule has 1 aromatic rings. The number of amides is 1. The number of hydrogen-bond acceptors (Lipinski definition) is 2. The molecule has 0 radical (unpaired) electrons. The monoisotopic (exact) mass is 302 g/mol. The van der Waals surface area contributed by atoms with Gasteiger partial charge in [-0.15, -0.1) is 6.42 Å². The zero-order chi connectivity index (χ0) is 12.8. The molecule has 0 atom stereocenters. The number of carbonyl (C=O) groups is 1. The Morgan fingerprint density at radius 3 is 2.76 bits per heavy atom. The van der Waals surface area contributed by atoms with E-state index in [1.807, 2.05) is 0 Å². The highest BCUT2D eigenvalue weighted by atomic mass is 79.9. The number of hydrogen-bond donors (Lipinski definition) is 2. The van der Waals surface area contributed by atoms with E-state index in [0.717, 1.165) is 12.1 Å². The fraction of sp³-hybridized carbons (Fsp3) is 0.182. The second-order valence-electron chi connectivity index (χ2n) is 3.10. The minimum atomic E-state index is -0.719. The normalized spacial score (nSPS) is 9.76. The predicted octanol–water partition coefficient (Wildman–Crippen LogP) is 1.89. The third-order valence-corrected chi connectivity index (χ3v) is 2.40. The van der Waals surface area contributed by atoms with Crippen molar-refractivity contribution in [2.24, 2.45) is 0 Å². The van der Waals surface area contributed by atoms with Gasteiger partial charge in [-0.1, -0.05) is 5.92 Å². The van der Waals surface area contributed by atoms with Crippen molar-refractivity contribution >= 4 is 27.5 Å². The van der Waals surface area contributed by atoms with Gasteiger partial charge in [0.25, 0.3) is 0 Å². The molecule has 0 aliphatic rings. The van der Waals surface area contributed by atoms with Gasteiger partial charge in [0.1, 0.15) is 11.6 Å². The summed E-state index contributed by atoms with van der Waals surface area (Å²) in [5.41, 5.74) is -0.210. The maximum absolute atomic E-state index is 13.3. The van der Waals surface area contributed by atoms with Crippen LogP contribution in [0, 0.1) is 24.0 Å². The van der Waals surface area contributed by atoms with Crippen LogP contribution in [0.3, 0.4) is 0 Å². The summed E-state index contributed by atoms with van der Waals surface area (Å²) in [6.45, 7) is 0.159. The minimum absolute atomic E-state index is 0.00143. The van der Waals surface area contributed by atoms with Crippen molar-refractivity contribution in [2.45, 2.75) is 0 Å². The van der Waals surface area contributed by atoms with Crippen molar-refractivity contribution in [1.29, 1.82) is 0 Å². The average molecular weight is 303 g/mol. The molecular weight excluding hydrogens is 294 g/mol. The molecule has 2 N–H and O–H groups in total. The Labute approximate surface area is 106 Å². The quantitative estimate of drug-likeness (QED) is 0.507. The van der Waals surface area contributed by atoms with E-state index in [2.05, 4.69) is 32.5 Å². The number of halogens is 3. The topological polar surface area (TPSA) is 41.1 Å². The summed E-state index contributed by atoms with van der Waals surface area (Å²) < 4.78 is 26.4. The molecule has 0 aromatic heterocycles. The van der Waals surface area contributed by atoms with Crippen molar-refractivity contribution in [1.82, 2.24) is 5.32 Å². The summed E-state index contributed by atoms with van der Waals surface area (Å²) in [6.07, 6.45) is 4.97. The van der Waals surface area contributed by atoms with E-state index in [9.17, 15) is 13.6 Å². The van der Waals surface area contributed by atoms with Crippen LogP contribution >= 0.6 is 15.9 Å². The lowest BCUT2D eigenvalue weighted by Gasteiger charge is -2.07. The number of nitrogens with one attached hydrogen (secondary N) is 2. The Bertz CT molecular complexity index is 471. The molecule has 0 aliphatic heterocycles. The summed E-state index contributed by atoms with van der Waals surface area (Å²) in [7, 11) is 0. The van der Waals surface area contributed by atoms with E-state index in [0.29, 0.717) is 0 Å². The van der Waals surface area contributed by atoms with E-state index in [1.54, 1.807) is 0 Å². The van der Waals surface area contributed by atoms with Crippen LogP contribution < -0.4 is 10.6 Å². The molecule has 0 bridgehead atoms. The Hall–Kier alpha value is -1.45. The first-order valence-electron chi connectivity index (χ1n) is 4.63. The first-order valence-corrected chi connectivity index (χ1v) is 5.42. The molecule has 0 saturated carbocycles. The van der Waals surface area contributed by atoms with Crippen LogP contribution in [0.15, 0.2) is 16.6 Å². The smallest absolute Gasteiger partial charge is 0.238 e. The highest BCUT2D eigenvalue weighted by molar-refractivity contribution is 9.10. The van der Waals surface area contributed by atoms with E-state index in [4.69, 9.17) is 6.42 Å². The third-order valence-electron chi connectivity index (χ3n) is 1.80. The highest BCUT2D eigenvalue weighted by Crippen LogP contribution is 2.23. The van der Waals surface area contributed by atoms with Gasteiger partial charge in [0.2, 0.25) is 5.91 Å². The summed E-state index contributed by atoms with van der Waals surface area (Å²) >= 11 is 2.84. The third kappa shape index (κ3) is 4.13. The Morgan fingerprint density at radius 2 is 2.12 bits per heavy atom. The fourth-order valence-corrected chi connectivity index (χ4v) is 1.38. The molecule has 1 amide bonds. The molecule has 6 heteroatoms. The fourth-order valence-electron chi connectivity index (χ4n) is 1.06. The van der Waals surface area contributed by atoms with Crippen molar-refractivity contribution in [3.8, 4) is 12.3 Å². The molecule has 90 valence electrons. The Kier molecular flexibility index (Phi) is 5.07. The van der Waals surface area contributed by atoms with Gasteiger partial charge in [-0.05, 0) is 22.0 Å². The zero-order valence-corrected chi connectivity index (χ0v) is 10.3. The molecule has 1 rings (SSSR count). The van der Waals surface area contributed by atoms with Gasteiger partial charge in [-0.2, -0.15) is 0 Å². The zero-order valence-electron chi connectivity index (χ0n) is 8.69. The molecule has 1 aromatic carbocycles. The number of carbonyl (C=O) groups excluding carboxylic acids is 1. The summed E-state index contributed by atoms with van der Waals surface area (Å²) in [6, 6.07) is 1.85. The van der Waals surface area contributed by atoms with E-state index in [1.165, 1.54) is 0 Å². The molecule has 3 nitrogen and oxygen atoms in total. The molecular formula is C11H9BrF2N2O. The van der Waals surface area contributed by atoms with Gasteiger partial charge < -0.3 is 5.32 Å². The lowest BCUT2D eigenvalue weighted by atomic mass is 10.3. The van der Waals surface area contributed by atoms with Crippen LogP contribution in [0.5, 0.6) is 0 Å². The number of terminal acetylenes is 1. The molecule has 0 aliphatic carbocycles. The minimum Gasteiger partial charge on any atom is -0.322 e. The second-order valence-corrected chi connectivity index (χ2v) is 3.96. The lowest BCUT2D eigenvalue weighted by molar-refractivity contribution is -0.115. The van der Waals surface area contributed by atoms with Crippen LogP contribution in [-0.4, -0.2) is 19.0 Å². The largest absolute Gasteiger partial charge is 0.322 e. The van der Waals surface area contributed by atoms with Crippen LogP contribution in [0.1, 0.15) is 0 Å².